The van der Waals surface area contributed by atoms with Crippen molar-refractivity contribution in [1.29, 1.82) is 0 Å². The predicted molar refractivity (Wildman–Crippen MR) is 54.5 cm³/mol. The van der Waals surface area contributed by atoms with E-state index in [0.29, 0.717) is 0 Å². The van der Waals surface area contributed by atoms with Crippen LogP contribution in [-0.4, -0.2) is 25.7 Å². The molecule has 0 bridgehead atoms. The molecule has 3 nitrogen and oxygen atoms in total. The van der Waals surface area contributed by atoms with Crippen molar-refractivity contribution in [3.8, 4) is 0 Å². The molecule has 0 heterocycles. The summed E-state index contributed by atoms with van der Waals surface area (Å²) >= 11 is 0. The average Bonchev–Trinajstić information content (AvgIpc) is 2.16. The zero-order valence-corrected chi connectivity index (χ0v) is 9.46. The van der Waals surface area contributed by atoms with Gasteiger partial charge in [-0.05, 0) is 33.7 Å². The molecule has 0 amide bonds. The second-order valence-electron chi connectivity index (χ2n) is 3.33. The summed E-state index contributed by atoms with van der Waals surface area (Å²) in [5.74, 6) is 0. The molecule has 13 heavy (non-hydrogen) atoms. The minimum Gasteiger partial charge on any atom is -0.337 e. The Hall–Kier alpha value is -0.120. The molecule has 0 aromatic carbocycles. The first-order valence-corrected chi connectivity index (χ1v) is 5.12. The fourth-order valence-electron chi connectivity index (χ4n) is 0.783. The van der Waals surface area contributed by atoms with Gasteiger partial charge >= 0.3 is 0 Å². The van der Waals surface area contributed by atoms with Crippen LogP contribution in [-0.2, 0) is 9.47 Å². The van der Waals surface area contributed by atoms with E-state index in [1.807, 2.05) is 20.9 Å². The second-order valence-corrected chi connectivity index (χ2v) is 3.33. The van der Waals surface area contributed by atoms with Gasteiger partial charge in [0, 0.05) is 0 Å². The van der Waals surface area contributed by atoms with Gasteiger partial charge in [-0.1, -0.05) is 13.8 Å². The van der Waals surface area contributed by atoms with Crippen LogP contribution in [0.1, 0.15) is 40.5 Å². The molecule has 0 saturated heterocycles. The smallest absolute Gasteiger partial charge is 0.216 e. The maximum Gasteiger partial charge on any atom is 0.216 e. The van der Waals surface area contributed by atoms with Gasteiger partial charge in [-0.15, -0.1) is 0 Å². The first-order chi connectivity index (χ1) is 6.13. The molecule has 0 fully saturated rings. The fourth-order valence-corrected chi connectivity index (χ4v) is 0.783. The third kappa shape index (κ3) is 6.02. The van der Waals surface area contributed by atoms with Gasteiger partial charge in [-0.3, -0.25) is 5.32 Å². The highest BCUT2D eigenvalue weighted by molar-refractivity contribution is 4.50. The first kappa shape index (κ1) is 12.9. The standard InChI is InChI=1S/C10H23NO2/c1-6-8(3)12-10(11-5)13-9(4)7-2/h8-11H,6-7H2,1-5H3. The number of hydrogen-bond donors (Lipinski definition) is 1. The minimum absolute atomic E-state index is 0.238. The van der Waals surface area contributed by atoms with Gasteiger partial charge in [0.15, 0.2) is 0 Å². The lowest BCUT2D eigenvalue weighted by Gasteiger charge is -2.24. The molecule has 0 aromatic heterocycles. The van der Waals surface area contributed by atoms with Crippen LogP contribution >= 0.6 is 0 Å². The molecule has 0 aliphatic rings. The van der Waals surface area contributed by atoms with Crippen molar-refractivity contribution in [2.24, 2.45) is 0 Å². The normalized spacial score (nSPS) is 18.2. The topological polar surface area (TPSA) is 30.5 Å². The van der Waals surface area contributed by atoms with Crippen molar-refractivity contribution in [3.05, 3.63) is 0 Å². The summed E-state index contributed by atoms with van der Waals surface area (Å²) in [7, 11) is 1.84. The largest absolute Gasteiger partial charge is 0.337 e. The van der Waals surface area contributed by atoms with E-state index in [4.69, 9.17) is 9.47 Å². The summed E-state index contributed by atoms with van der Waals surface area (Å²) in [6, 6.07) is 0. The molecule has 0 aromatic rings. The Balaban J connectivity index is 3.74. The summed E-state index contributed by atoms with van der Waals surface area (Å²) < 4.78 is 11.2. The van der Waals surface area contributed by atoms with Crippen molar-refractivity contribution in [2.75, 3.05) is 7.05 Å². The third-order valence-corrected chi connectivity index (χ3v) is 2.10. The average molecular weight is 189 g/mol. The summed E-state index contributed by atoms with van der Waals surface area (Å²) in [6.07, 6.45) is 2.21. The predicted octanol–water partition coefficient (Wildman–Crippen LogP) is 2.12. The molecule has 0 rings (SSSR count). The molecule has 2 atom stereocenters. The zero-order chi connectivity index (χ0) is 10.3. The number of rotatable bonds is 7. The molecule has 2 unspecified atom stereocenters. The summed E-state index contributed by atoms with van der Waals surface area (Å²) in [5, 5.41) is 2.99. The van der Waals surface area contributed by atoms with E-state index in [1.54, 1.807) is 0 Å². The molecular weight excluding hydrogens is 166 g/mol. The third-order valence-electron chi connectivity index (χ3n) is 2.10. The summed E-state index contributed by atoms with van der Waals surface area (Å²) in [5.41, 5.74) is 0. The monoisotopic (exact) mass is 189 g/mol. The Morgan fingerprint density at radius 1 is 1.00 bits per heavy atom. The van der Waals surface area contributed by atoms with E-state index in [1.165, 1.54) is 0 Å². The van der Waals surface area contributed by atoms with E-state index in [2.05, 4.69) is 19.2 Å². The molecule has 0 aliphatic carbocycles. The zero-order valence-electron chi connectivity index (χ0n) is 9.46. The molecule has 0 radical (unpaired) electrons. The van der Waals surface area contributed by atoms with E-state index >= 15 is 0 Å². The van der Waals surface area contributed by atoms with E-state index < -0.39 is 0 Å². The molecule has 1 N–H and O–H groups in total. The number of hydrogen-bond acceptors (Lipinski definition) is 3. The van der Waals surface area contributed by atoms with Crippen molar-refractivity contribution in [1.82, 2.24) is 5.32 Å². The lowest BCUT2D eigenvalue weighted by molar-refractivity contribution is -0.201. The van der Waals surface area contributed by atoms with Gasteiger partial charge in [0.1, 0.15) is 0 Å². The molecule has 3 heteroatoms. The number of nitrogens with one attached hydrogen (secondary N) is 1. The Bertz CT molecular complexity index is 107. The quantitative estimate of drug-likeness (QED) is 0.622. The Labute approximate surface area is 81.8 Å². The first-order valence-electron chi connectivity index (χ1n) is 5.12. The van der Waals surface area contributed by atoms with Crippen LogP contribution in [0, 0.1) is 0 Å². The van der Waals surface area contributed by atoms with Crippen molar-refractivity contribution >= 4 is 0 Å². The van der Waals surface area contributed by atoms with Crippen LogP contribution in [0.15, 0.2) is 0 Å². The Morgan fingerprint density at radius 3 is 1.62 bits per heavy atom. The molecule has 80 valence electrons. The lowest BCUT2D eigenvalue weighted by Crippen LogP contribution is -2.36. The molecular formula is C10H23NO2. The van der Waals surface area contributed by atoms with Crippen LogP contribution in [0.3, 0.4) is 0 Å². The highest BCUT2D eigenvalue weighted by atomic mass is 16.7. The Morgan fingerprint density at radius 2 is 1.38 bits per heavy atom. The van der Waals surface area contributed by atoms with Crippen molar-refractivity contribution in [2.45, 2.75) is 59.2 Å². The maximum atomic E-state index is 5.59. The van der Waals surface area contributed by atoms with Crippen LogP contribution in [0.4, 0.5) is 0 Å². The molecule has 0 aliphatic heterocycles. The van der Waals surface area contributed by atoms with Gasteiger partial charge in [-0.25, -0.2) is 0 Å². The van der Waals surface area contributed by atoms with Gasteiger partial charge in [-0.2, -0.15) is 0 Å². The SMILES string of the molecule is CCC(C)OC(NC)OC(C)CC. The van der Waals surface area contributed by atoms with Crippen molar-refractivity contribution < 1.29 is 9.47 Å². The lowest BCUT2D eigenvalue weighted by atomic mass is 10.3. The Kier molecular flexibility index (Phi) is 7.23. The number of ether oxygens (including phenoxy) is 2. The van der Waals surface area contributed by atoms with Crippen LogP contribution in [0.25, 0.3) is 0 Å². The molecule has 0 spiro atoms. The minimum atomic E-state index is -0.273. The van der Waals surface area contributed by atoms with E-state index in [0.717, 1.165) is 12.8 Å². The highest BCUT2D eigenvalue weighted by Crippen LogP contribution is 2.05. The van der Waals surface area contributed by atoms with Gasteiger partial charge in [0.05, 0.1) is 12.2 Å². The maximum absolute atomic E-state index is 5.59. The van der Waals surface area contributed by atoms with Crippen LogP contribution in [0.2, 0.25) is 0 Å². The summed E-state index contributed by atoms with van der Waals surface area (Å²) in [4.78, 5) is 0. The van der Waals surface area contributed by atoms with Crippen LogP contribution < -0.4 is 5.32 Å². The molecule has 0 saturated carbocycles. The second kappa shape index (κ2) is 7.30. The van der Waals surface area contributed by atoms with E-state index in [-0.39, 0.29) is 18.6 Å². The van der Waals surface area contributed by atoms with Gasteiger partial charge in [0.25, 0.3) is 0 Å². The van der Waals surface area contributed by atoms with Gasteiger partial charge < -0.3 is 9.47 Å². The van der Waals surface area contributed by atoms with Gasteiger partial charge in [0.2, 0.25) is 6.41 Å². The van der Waals surface area contributed by atoms with Crippen molar-refractivity contribution in [3.63, 3.8) is 0 Å². The van der Waals surface area contributed by atoms with E-state index in [9.17, 15) is 0 Å². The summed E-state index contributed by atoms with van der Waals surface area (Å²) in [6.45, 7) is 8.29. The highest BCUT2D eigenvalue weighted by Gasteiger charge is 2.12. The van der Waals surface area contributed by atoms with Crippen LogP contribution in [0.5, 0.6) is 0 Å². The fraction of sp³-hybridized carbons (Fsp3) is 1.00.